The second-order valence-electron chi connectivity index (χ2n) is 8.20. The van der Waals surface area contributed by atoms with Gasteiger partial charge in [-0.2, -0.15) is 0 Å². The molecule has 5 rings (SSSR count). The predicted molar refractivity (Wildman–Crippen MR) is 124 cm³/mol. The Bertz CT molecular complexity index is 1180. The topological polar surface area (TPSA) is 61.0 Å². The van der Waals surface area contributed by atoms with E-state index in [1.54, 1.807) is 6.07 Å². The standard InChI is InChI=1S/C26H26N4O/c31-26(28-22-12-15-30(16-13-22)18-19-5-2-1-3-6-19)25-8-4-7-24(29-25)20-9-10-23-21(17-20)11-14-27-23/h1-11,14,17,22,27H,12-13,15-16,18H2,(H,28,31). The molecule has 4 aromatic rings. The molecule has 1 aliphatic rings. The highest BCUT2D eigenvalue weighted by molar-refractivity contribution is 5.93. The van der Waals surface area contributed by atoms with Gasteiger partial charge in [0, 0.05) is 48.3 Å². The lowest BCUT2D eigenvalue weighted by molar-refractivity contribution is 0.0904. The van der Waals surface area contributed by atoms with E-state index in [4.69, 9.17) is 0 Å². The molecule has 5 heteroatoms. The molecular formula is C26H26N4O. The molecule has 0 bridgehead atoms. The molecule has 0 radical (unpaired) electrons. The summed E-state index contributed by atoms with van der Waals surface area (Å²) in [6.07, 6.45) is 3.85. The Balaban J connectivity index is 1.20. The van der Waals surface area contributed by atoms with Crippen molar-refractivity contribution in [3.63, 3.8) is 0 Å². The van der Waals surface area contributed by atoms with Gasteiger partial charge in [0.15, 0.2) is 0 Å². The molecule has 0 aliphatic carbocycles. The maximum Gasteiger partial charge on any atom is 0.270 e. The number of piperidine rings is 1. The van der Waals surface area contributed by atoms with Crippen molar-refractivity contribution in [2.45, 2.75) is 25.4 Å². The van der Waals surface area contributed by atoms with E-state index < -0.39 is 0 Å². The van der Waals surface area contributed by atoms with E-state index in [1.807, 2.05) is 42.6 Å². The van der Waals surface area contributed by atoms with Crippen LogP contribution in [0.3, 0.4) is 0 Å². The zero-order valence-electron chi connectivity index (χ0n) is 17.4. The number of rotatable bonds is 5. The lowest BCUT2D eigenvalue weighted by Crippen LogP contribution is -2.44. The number of likely N-dealkylation sites (tertiary alicyclic amines) is 1. The minimum atomic E-state index is -0.0916. The van der Waals surface area contributed by atoms with Gasteiger partial charge in [-0.05, 0) is 48.7 Å². The Morgan fingerprint density at radius 1 is 1.00 bits per heavy atom. The number of H-pyrrole nitrogens is 1. The van der Waals surface area contributed by atoms with E-state index in [0.717, 1.165) is 54.6 Å². The fraction of sp³-hybridized carbons (Fsp3) is 0.231. The first-order chi connectivity index (χ1) is 15.2. The van der Waals surface area contributed by atoms with Crippen LogP contribution >= 0.6 is 0 Å². The number of nitrogens with zero attached hydrogens (tertiary/aromatic N) is 2. The molecule has 1 amide bonds. The van der Waals surface area contributed by atoms with Crippen molar-refractivity contribution in [3.8, 4) is 11.3 Å². The van der Waals surface area contributed by atoms with Crippen LogP contribution in [0.1, 0.15) is 28.9 Å². The van der Waals surface area contributed by atoms with Crippen LogP contribution < -0.4 is 5.32 Å². The molecule has 0 atom stereocenters. The average molecular weight is 411 g/mol. The molecule has 3 heterocycles. The third-order valence-corrected chi connectivity index (χ3v) is 6.00. The van der Waals surface area contributed by atoms with E-state index in [2.05, 4.69) is 50.5 Å². The maximum atomic E-state index is 12.8. The molecule has 1 fully saturated rings. The van der Waals surface area contributed by atoms with E-state index >= 15 is 0 Å². The number of nitrogens with one attached hydrogen (secondary N) is 2. The third-order valence-electron chi connectivity index (χ3n) is 6.00. The van der Waals surface area contributed by atoms with Gasteiger partial charge in [-0.1, -0.05) is 42.5 Å². The van der Waals surface area contributed by atoms with E-state index in [-0.39, 0.29) is 11.9 Å². The number of hydrogen-bond donors (Lipinski definition) is 2. The molecule has 5 nitrogen and oxygen atoms in total. The third kappa shape index (κ3) is 4.52. The Kier molecular flexibility index (Phi) is 5.50. The minimum Gasteiger partial charge on any atom is -0.361 e. The summed E-state index contributed by atoms with van der Waals surface area (Å²) >= 11 is 0. The van der Waals surface area contributed by atoms with Crippen LogP contribution in [-0.2, 0) is 6.54 Å². The molecule has 2 aromatic heterocycles. The Labute approximate surface area is 182 Å². The summed E-state index contributed by atoms with van der Waals surface area (Å²) in [5, 5.41) is 4.33. The van der Waals surface area contributed by atoms with Crippen molar-refractivity contribution in [1.82, 2.24) is 20.2 Å². The fourth-order valence-corrected chi connectivity index (χ4v) is 4.27. The lowest BCUT2D eigenvalue weighted by Gasteiger charge is -2.32. The first-order valence-corrected chi connectivity index (χ1v) is 10.9. The summed E-state index contributed by atoms with van der Waals surface area (Å²) in [5.74, 6) is -0.0916. The van der Waals surface area contributed by atoms with Crippen LogP contribution in [0.4, 0.5) is 0 Å². The minimum absolute atomic E-state index is 0.0916. The normalized spacial score (nSPS) is 15.2. The quantitative estimate of drug-likeness (QED) is 0.505. The van der Waals surface area contributed by atoms with Gasteiger partial charge in [0.1, 0.15) is 5.69 Å². The fourth-order valence-electron chi connectivity index (χ4n) is 4.27. The van der Waals surface area contributed by atoms with Crippen molar-refractivity contribution < 1.29 is 4.79 Å². The van der Waals surface area contributed by atoms with Gasteiger partial charge in [0.05, 0.1) is 5.69 Å². The number of pyridine rings is 1. The Morgan fingerprint density at radius 2 is 1.84 bits per heavy atom. The van der Waals surface area contributed by atoms with Crippen LogP contribution in [-0.4, -0.2) is 39.9 Å². The van der Waals surface area contributed by atoms with Gasteiger partial charge >= 0.3 is 0 Å². The first kappa shape index (κ1) is 19.5. The van der Waals surface area contributed by atoms with Gasteiger partial charge in [-0.3, -0.25) is 9.69 Å². The Hall–Kier alpha value is -3.44. The molecule has 0 unspecified atom stereocenters. The molecule has 0 saturated carbocycles. The SMILES string of the molecule is O=C(NC1CCN(Cc2ccccc2)CC1)c1cccc(-c2ccc3[nH]ccc3c2)n1. The highest BCUT2D eigenvalue weighted by atomic mass is 16.1. The number of hydrogen-bond acceptors (Lipinski definition) is 3. The molecule has 156 valence electrons. The van der Waals surface area contributed by atoms with E-state index in [1.165, 1.54) is 5.56 Å². The smallest absolute Gasteiger partial charge is 0.270 e. The van der Waals surface area contributed by atoms with Crippen molar-refractivity contribution in [2.75, 3.05) is 13.1 Å². The molecule has 31 heavy (non-hydrogen) atoms. The van der Waals surface area contributed by atoms with Crippen molar-refractivity contribution in [1.29, 1.82) is 0 Å². The zero-order chi connectivity index (χ0) is 21.0. The largest absolute Gasteiger partial charge is 0.361 e. The average Bonchev–Trinajstić information content (AvgIpc) is 3.29. The second-order valence-corrected chi connectivity index (χ2v) is 8.20. The lowest BCUT2D eigenvalue weighted by atomic mass is 10.0. The summed E-state index contributed by atoms with van der Waals surface area (Å²) < 4.78 is 0. The summed E-state index contributed by atoms with van der Waals surface area (Å²) in [7, 11) is 0. The number of fused-ring (bicyclic) bond motifs is 1. The van der Waals surface area contributed by atoms with Gasteiger partial charge in [-0.15, -0.1) is 0 Å². The van der Waals surface area contributed by atoms with Gasteiger partial charge < -0.3 is 10.3 Å². The number of carbonyl (C=O) groups is 1. The van der Waals surface area contributed by atoms with Crippen molar-refractivity contribution in [3.05, 3.63) is 90.3 Å². The summed E-state index contributed by atoms with van der Waals surface area (Å²) in [5.41, 5.74) is 4.72. The summed E-state index contributed by atoms with van der Waals surface area (Å²) in [6, 6.07) is 24.6. The van der Waals surface area contributed by atoms with E-state index in [9.17, 15) is 4.79 Å². The number of aromatic amines is 1. The van der Waals surface area contributed by atoms with Gasteiger partial charge in [-0.25, -0.2) is 4.98 Å². The zero-order valence-corrected chi connectivity index (χ0v) is 17.4. The second kappa shape index (κ2) is 8.74. The monoisotopic (exact) mass is 410 g/mol. The Morgan fingerprint density at radius 3 is 2.68 bits per heavy atom. The van der Waals surface area contributed by atoms with E-state index in [0.29, 0.717) is 5.69 Å². The van der Waals surface area contributed by atoms with Gasteiger partial charge in [0.2, 0.25) is 0 Å². The molecule has 1 aliphatic heterocycles. The molecular weight excluding hydrogens is 384 g/mol. The van der Waals surface area contributed by atoms with Crippen LogP contribution in [0.15, 0.2) is 79.0 Å². The molecule has 2 N–H and O–H groups in total. The molecule has 1 saturated heterocycles. The first-order valence-electron chi connectivity index (χ1n) is 10.9. The maximum absolute atomic E-state index is 12.8. The number of carbonyl (C=O) groups excluding carboxylic acids is 1. The summed E-state index contributed by atoms with van der Waals surface area (Å²) in [6.45, 7) is 2.95. The van der Waals surface area contributed by atoms with Crippen molar-refractivity contribution in [2.24, 2.45) is 0 Å². The highest BCUT2D eigenvalue weighted by Gasteiger charge is 2.21. The van der Waals surface area contributed by atoms with Crippen LogP contribution in [0, 0.1) is 0 Å². The predicted octanol–water partition coefficient (Wildman–Crippen LogP) is 4.62. The van der Waals surface area contributed by atoms with Gasteiger partial charge in [0.25, 0.3) is 5.91 Å². The number of aromatic nitrogens is 2. The number of amides is 1. The molecule has 0 spiro atoms. The van der Waals surface area contributed by atoms with Crippen molar-refractivity contribution >= 4 is 16.8 Å². The summed E-state index contributed by atoms with van der Waals surface area (Å²) in [4.78, 5) is 23.1. The van der Waals surface area contributed by atoms with Crippen LogP contribution in [0.25, 0.3) is 22.2 Å². The van der Waals surface area contributed by atoms with Crippen LogP contribution in [0.5, 0.6) is 0 Å². The number of benzene rings is 2. The molecule has 2 aromatic carbocycles. The highest BCUT2D eigenvalue weighted by Crippen LogP contribution is 2.23. The van der Waals surface area contributed by atoms with Crippen LogP contribution in [0.2, 0.25) is 0 Å².